The van der Waals surface area contributed by atoms with Gasteiger partial charge >= 0.3 is 0 Å². The van der Waals surface area contributed by atoms with Crippen LogP contribution in [-0.2, 0) is 0 Å². The lowest BCUT2D eigenvalue weighted by atomic mass is 10.5. The minimum atomic E-state index is 0.683. The zero-order valence-corrected chi connectivity index (χ0v) is 8.93. The fraction of sp³-hybridized carbons (Fsp3) is 0.143. The van der Waals surface area contributed by atoms with E-state index in [1.54, 1.807) is 17.6 Å². The van der Waals surface area contributed by atoms with Crippen molar-refractivity contribution in [2.75, 3.05) is 6.26 Å². The summed E-state index contributed by atoms with van der Waals surface area (Å²) in [6.45, 7) is 0. The number of hydrogen-bond acceptors (Lipinski definition) is 4. The molecular weight excluding hydrogens is 208 g/mol. The van der Waals surface area contributed by atoms with E-state index in [2.05, 4.69) is 10.5 Å². The first-order chi connectivity index (χ1) is 5.83. The van der Waals surface area contributed by atoms with Crippen molar-refractivity contribution in [2.45, 2.75) is 0 Å². The Morgan fingerprint density at radius 1 is 1.83 bits per heavy atom. The lowest BCUT2D eigenvalue weighted by Crippen LogP contribution is -2.09. The molecule has 0 amide bonds. The average molecular weight is 216 g/mol. The lowest BCUT2D eigenvalue weighted by Gasteiger charge is -1.94. The van der Waals surface area contributed by atoms with Gasteiger partial charge in [0.25, 0.3) is 0 Å². The Labute approximate surface area is 85.1 Å². The predicted molar refractivity (Wildman–Crippen MR) is 61.2 cm³/mol. The topological polar surface area (TPSA) is 24.4 Å². The molecule has 1 rings (SSSR count). The van der Waals surface area contributed by atoms with E-state index in [0.29, 0.717) is 4.32 Å². The summed E-state index contributed by atoms with van der Waals surface area (Å²) in [5.41, 5.74) is 2.74. The molecule has 0 radical (unpaired) electrons. The molecule has 0 unspecified atom stereocenters. The minimum Gasteiger partial charge on any atom is -0.262 e. The van der Waals surface area contributed by atoms with Crippen LogP contribution in [0.25, 0.3) is 0 Å². The molecule has 0 saturated carbocycles. The number of thioether (sulfide) groups is 1. The third kappa shape index (κ3) is 3.34. The van der Waals surface area contributed by atoms with Crippen molar-refractivity contribution in [3.05, 3.63) is 22.4 Å². The van der Waals surface area contributed by atoms with Gasteiger partial charge in [0.1, 0.15) is 0 Å². The first-order valence-electron chi connectivity index (χ1n) is 3.23. The van der Waals surface area contributed by atoms with E-state index >= 15 is 0 Å². The van der Waals surface area contributed by atoms with E-state index in [1.807, 2.05) is 23.8 Å². The van der Waals surface area contributed by atoms with Gasteiger partial charge in [-0.2, -0.15) is 5.10 Å². The van der Waals surface area contributed by atoms with Crippen molar-refractivity contribution < 1.29 is 0 Å². The quantitative estimate of drug-likeness (QED) is 0.466. The van der Waals surface area contributed by atoms with E-state index in [4.69, 9.17) is 12.2 Å². The Kier molecular flexibility index (Phi) is 4.27. The summed E-state index contributed by atoms with van der Waals surface area (Å²) in [5, 5.41) is 5.97. The maximum absolute atomic E-state index is 4.89. The van der Waals surface area contributed by atoms with Gasteiger partial charge in [-0.3, -0.25) is 5.43 Å². The molecule has 64 valence electrons. The number of hydrogen-bond donors (Lipinski definition) is 1. The van der Waals surface area contributed by atoms with Gasteiger partial charge in [-0.15, -0.1) is 11.3 Å². The summed E-state index contributed by atoms with van der Waals surface area (Å²) in [5.74, 6) is 0. The van der Waals surface area contributed by atoms with Crippen LogP contribution in [0.15, 0.2) is 22.6 Å². The molecule has 0 aliphatic carbocycles. The number of thiocarbonyl (C=S) groups is 1. The normalized spacial score (nSPS) is 10.4. The Hall–Kier alpha value is -0.390. The van der Waals surface area contributed by atoms with E-state index in [-0.39, 0.29) is 0 Å². The van der Waals surface area contributed by atoms with Gasteiger partial charge < -0.3 is 0 Å². The van der Waals surface area contributed by atoms with Gasteiger partial charge in [-0.05, 0) is 17.7 Å². The van der Waals surface area contributed by atoms with Crippen LogP contribution in [0.4, 0.5) is 0 Å². The summed E-state index contributed by atoms with van der Waals surface area (Å²) >= 11 is 8.01. The molecule has 0 spiro atoms. The van der Waals surface area contributed by atoms with E-state index < -0.39 is 0 Å². The molecule has 0 saturated heterocycles. The van der Waals surface area contributed by atoms with E-state index in [0.717, 1.165) is 4.88 Å². The number of thiophene rings is 1. The molecule has 0 atom stereocenters. The average Bonchev–Trinajstić information content (AvgIpc) is 2.57. The number of nitrogens with one attached hydrogen (secondary N) is 1. The van der Waals surface area contributed by atoms with E-state index in [9.17, 15) is 0 Å². The highest BCUT2D eigenvalue weighted by Crippen LogP contribution is 2.04. The highest BCUT2D eigenvalue weighted by Gasteiger charge is 1.88. The Morgan fingerprint density at radius 2 is 2.67 bits per heavy atom. The van der Waals surface area contributed by atoms with Crippen LogP contribution < -0.4 is 5.43 Å². The van der Waals surface area contributed by atoms with Crippen LogP contribution in [0.5, 0.6) is 0 Å². The molecule has 0 aliphatic heterocycles. The molecule has 1 aromatic rings. The van der Waals surface area contributed by atoms with Crippen molar-refractivity contribution in [3.8, 4) is 0 Å². The smallest absolute Gasteiger partial charge is 0.153 e. The zero-order valence-electron chi connectivity index (χ0n) is 6.48. The molecule has 0 aliphatic rings. The van der Waals surface area contributed by atoms with Crippen LogP contribution in [0, 0.1) is 0 Å². The largest absolute Gasteiger partial charge is 0.262 e. The molecule has 1 N–H and O–H groups in total. The molecule has 12 heavy (non-hydrogen) atoms. The molecule has 0 bridgehead atoms. The van der Waals surface area contributed by atoms with Gasteiger partial charge in [0.15, 0.2) is 4.32 Å². The van der Waals surface area contributed by atoms with Gasteiger partial charge in [0, 0.05) is 4.88 Å². The Morgan fingerprint density at radius 3 is 3.25 bits per heavy atom. The lowest BCUT2D eigenvalue weighted by molar-refractivity contribution is 1.07. The fourth-order valence-corrected chi connectivity index (χ4v) is 1.34. The van der Waals surface area contributed by atoms with Crippen LogP contribution in [-0.4, -0.2) is 16.8 Å². The van der Waals surface area contributed by atoms with Crippen LogP contribution in [0.1, 0.15) is 4.88 Å². The maximum atomic E-state index is 4.89. The second kappa shape index (κ2) is 5.29. The van der Waals surface area contributed by atoms with Crippen molar-refractivity contribution in [1.82, 2.24) is 5.43 Å². The molecular formula is C7H8N2S3. The molecule has 1 heterocycles. The standard InChI is InChI=1S/C7H8N2S3/c1-11-7(10)9-8-5-6-3-2-4-12-6/h2-5H,1H3,(H,9,10)/b8-5+. The predicted octanol–water partition coefficient (Wildman–Crippen LogP) is 2.32. The molecule has 5 heteroatoms. The highest BCUT2D eigenvalue weighted by atomic mass is 32.2. The molecule has 0 fully saturated rings. The molecule has 0 aromatic carbocycles. The van der Waals surface area contributed by atoms with Crippen molar-refractivity contribution in [1.29, 1.82) is 0 Å². The van der Waals surface area contributed by atoms with Crippen LogP contribution >= 0.6 is 35.3 Å². The third-order valence-electron chi connectivity index (χ3n) is 1.08. The fourth-order valence-electron chi connectivity index (χ4n) is 0.559. The van der Waals surface area contributed by atoms with Gasteiger partial charge in [0.2, 0.25) is 0 Å². The molecule has 1 aromatic heterocycles. The van der Waals surface area contributed by atoms with Gasteiger partial charge in [-0.1, -0.05) is 30.0 Å². The SMILES string of the molecule is CSC(=S)N/N=C/c1cccs1. The first-order valence-corrected chi connectivity index (χ1v) is 5.74. The molecule has 2 nitrogen and oxygen atoms in total. The minimum absolute atomic E-state index is 0.683. The highest BCUT2D eigenvalue weighted by molar-refractivity contribution is 8.22. The van der Waals surface area contributed by atoms with Gasteiger partial charge in [0.05, 0.1) is 6.21 Å². The number of rotatable bonds is 2. The van der Waals surface area contributed by atoms with Crippen LogP contribution in [0.2, 0.25) is 0 Å². The zero-order chi connectivity index (χ0) is 8.81. The second-order valence-electron chi connectivity index (χ2n) is 1.88. The summed E-state index contributed by atoms with van der Waals surface area (Å²) < 4.78 is 0.683. The number of nitrogens with zero attached hydrogens (tertiary/aromatic N) is 1. The summed E-state index contributed by atoms with van der Waals surface area (Å²) in [7, 11) is 0. The summed E-state index contributed by atoms with van der Waals surface area (Å²) in [6, 6.07) is 3.98. The maximum Gasteiger partial charge on any atom is 0.153 e. The Balaban J connectivity index is 2.37. The van der Waals surface area contributed by atoms with Gasteiger partial charge in [-0.25, -0.2) is 0 Å². The first kappa shape index (κ1) is 9.70. The number of hydrazone groups is 1. The van der Waals surface area contributed by atoms with Crippen LogP contribution in [0.3, 0.4) is 0 Å². The monoisotopic (exact) mass is 216 g/mol. The Bertz CT molecular complexity index is 266. The third-order valence-corrected chi connectivity index (χ3v) is 2.94. The summed E-state index contributed by atoms with van der Waals surface area (Å²) in [6.07, 6.45) is 3.67. The van der Waals surface area contributed by atoms with Crippen molar-refractivity contribution in [2.24, 2.45) is 5.10 Å². The van der Waals surface area contributed by atoms with Crippen molar-refractivity contribution in [3.63, 3.8) is 0 Å². The van der Waals surface area contributed by atoms with Crippen molar-refractivity contribution >= 4 is 45.9 Å². The summed E-state index contributed by atoms with van der Waals surface area (Å²) in [4.78, 5) is 1.12. The van der Waals surface area contributed by atoms with E-state index in [1.165, 1.54) is 11.8 Å². The second-order valence-corrected chi connectivity index (χ2v) is 4.34.